The molecule has 1 aliphatic carbocycles. The lowest BCUT2D eigenvalue weighted by Gasteiger charge is -2.49. The van der Waals surface area contributed by atoms with E-state index in [0.717, 1.165) is 36.0 Å². The summed E-state index contributed by atoms with van der Waals surface area (Å²) in [5.41, 5.74) is 1.35. The number of rotatable bonds is 6. The first-order chi connectivity index (χ1) is 13.3. The highest BCUT2D eigenvalue weighted by molar-refractivity contribution is 5.43. The maximum atomic E-state index is 5.82. The van der Waals surface area contributed by atoms with Crippen LogP contribution in [0.2, 0.25) is 0 Å². The smallest absolute Gasteiger partial charge is 0.161 e. The molecule has 27 heavy (non-hydrogen) atoms. The predicted molar refractivity (Wildman–Crippen MR) is 110 cm³/mol. The number of ether oxygens (including phenoxy) is 2. The summed E-state index contributed by atoms with van der Waals surface area (Å²) >= 11 is 0. The molecule has 0 spiro atoms. The summed E-state index contributed by atoms with van der Waals surface area (Å²) in [6, 6.07) is 8.01. The van der Waals surface area contributed by atoms with E-state index in [2.05, 4.69) is 28.0 Å². The number of benzene rings is 1. The van der Waals surface area contributed by atoms with Gasteiger partial charge in [-0.15, -0.1) is 0 Å². The monoisotopic (exact) mass is 372 g/mol. The van der Waals surface area contributed by atoms with Gasteiger partial charge in [0.25, 0.3) is 0 Å². The van der Waals surface area contributed by atoms with E-state index in [1.165, 1.54) is 70.1 Å². The zero-order chi connectivity index (χ0) is 18.6. The van der Waals surface area contributed by atoms with Crippen LogP contribution in [-0.2, 0) is 6.54 Å². The van der Waals surface area contributed by atoms with Crippen molar-refractivity contribution in [1.82, 2.24) is 9.80 Å². The number of hydrogen-bond acceptors (Lipinski definition) is 4. The predicted octanol–water partition coefficient (Wildman–Crippen LogP) is 4.32. The van der Waals surface area contributed by atoms with Crippen molar-refractivity contribution in [1.29, 1.82) is 0 Å². The second-order valence-corrected chi connectivity index (χ2v) is 8.52. The summed E-state index contributed by atoms with van der Waals surface area (Å²) in [6.07, 6.45) is 9.94. The van der Waals surface area contributed by atoms with Crippen LogP contribution in [0, 0.1) is 5.92 Å². The molecule has 0 unspecified atom stereocenters. The average molecular weight is 373 g/mol. The number of piperazine rings is 1. The Balaban J connectivity index is 1.54. The minimum atomic E-state index is 0.672. The summed E-state index contributed by atoms with van der Waals surface area (Å²) in [4.78, 5) is 5.59. The van der Waals surface area contributed by atoms with Crippen molar-refractivity contribution in [3.63, 3.8) is 0 Å². The van der Waals surface area contributed by atoms with Gasteiger partial charge in [-0.3, -0.25) is 9.80 Å². The van der Waals surface area contributed by atoms with E-state index in [0.29, 0.717) is 6.61 Å². The topological polar surface area (TPSA) is 24.9 Å². The van der Waals surface area contributed by atoms with Gasteiger partial charge in [0.05, 0.1) is 13.7 Å². The highest BCUT2D eigenvalue weighted by Crippen LogP contribution is 2.38. The van der Waals surface area contributed by atoms with Crippen LogP contribution in [0.5, 0.6) is 11.5 Å². The maximum absolute atomic E-state index is 5.82. The maximum Gasteiger partial charge on any atom is 0.161 e. The Morgan fingerprint density at radius 3 is 2.59 bits per heavy atom. The van der Waals surface area contributed by atoms with E-state index in [4.69, 9.17) is 9.47 Å². The second-order valence-electron chi connectivity index (χ2n) is 8.52. The first kappa shape index (κ1) is 19.1. The van der Waals surface area contributed by atoms with Crippen molar-refractivity contribution in [3.8, 4) is 11.5 Å². The third-order valence-corrected chi connectivity index (χ3v) is 6.95. The van der Waals surface area contributed by atoms with Crippen LogP contribution in [0.15, 0.2) is 18.2 Å². The van der Waals surface area contributed by atoms with Crippen molar-refractivity contribution in [2.45, 2.75) is 70.5 Å². The largest absolute Gasteiger partial charge is 0.493 e. The van der Waals surface area contributed by atoms with Crippen LogP contribution >= 0.6 is 0 Å². The van der Waals surface area contributed by atoms with Crippen molar-refractivity contribution >= 4 is 0 Å². The Morgan fingerprint density at radius 1 is 0.963 bits per heavy atom. The zero-order valence-corrected chi connectivity index (χ0v) is 17.2. The van der Waals surface area contributed by atoms with Gasteiger partial charge < -0.3 is 9.47 Å². The van der Waals surface area contributed by atoms with E-state index in [1.54, 1.807) is 7.11 Å². The molecule has 4 heteroatoms. The molecule has 2 atom stereocenters. The Bertz CT molecular complexity index is 614. The molecule has 3 fully saturated rings. The molecule has 2 saturated heterocycles. The van der Waals surface area contributed by atoms with Crippen molar-refractivity contribution in [2.75, 3.05) is 33.4 Å². The van der Waals surface area contributed by atoms with E-state index in [-0.39, 0.29) is 0 Å². The third kappa shape index (κ3) is 4.12. The molecular formula is C23H36N2O2. The molecule has 0 aromatic heterocycles. The van der Waals surface area contributed by atoms with Crippen LogP contribution in [-0.4, -0.2) is 55.2 Å². The molecule has 4 nitrogen and oxygen atoms in total. The average Bonchev–Trinajstić information content (AvgIpc) is 3.18. The molecule has 0 radical (unpaired) electrons. The van der Waals surface area contributed by atoms with E-state index >= 15 is 0 Å². The Morgan fingerprint density at radius 2 is 1.81 bits per heavy atom. The highest BCUT2D eigenvalue weighted by Gasteiger charge is 2.42. The van der Waals surface area contributed by atoms with E-state index in [1.807, 2.05) is 6.92 Å². The van der Waals surface area contributed by atoms with Crippen LogP contribution in [0.3, 0.4) is 0 Å². The highest BCUT2D eigenvalue weighted by atomic mass is 16.5. The van der Waals surface area contributed by atoms with Gasteiger partial charge in [-0.05, 0) is 62.8 Å². The number of nitrogens with zero attached hydrogens (tertiary/aromatic N) is 2. The summed E-state index contributed by atoms with van der Waals surface area (Å²) in [6.45, 7) is 7.50. The first-order valence-electron chi connectivity index (χ1n) is 11.1. The van der Waals surface area contributed by atoms with Crippen LogP contribution in [0.1, 0.15) is 57.4 Å². The van der Waals surface area contributed by atoms with Crippen LogP contribution < -0.4 is 9.47 Å². The van der Waals surface area contributed by atoms with Crippen molar-refractivity contribution in [3.05, 3.63) is 23.8 Å². The minimum absolute atomic E-state index is 0.672. The van der Waals surface area contributed by atoms with Crippen molar-refractivity contribution < 1.29 is 9.47 Å². The minimum Gasteiger partial charge on any atom is -0.493 e. The molecular weight excluding hydrogens is 336 g/mol. The molecule has 1 saturated carbocycles. The van der Waals surface area contributed by atoms with Gasteiger partial charge in [0.1, 0.15) is 0 Å². The summed E-state index contributed by atoms with van der Waals surface area (Å²) in [7, 11) is 1.72. The standard InChI is InChI=1S/C23H36N2O2/c1-3-27-22-16-18(11-12-21(22)26-2)17-25-15-14-24-13-7-10-20(24)23(25)19-8-5-4-6-9-19/h11-12,16,19-20,23H,3-10,13-15,17H2,1-2H3/t20-,23-/m1/s1. The third-order valence-electron chi connectivity index (χ3n) is 6.95. The fourth-order valence-corrected chi connectivity index (χ4v) is 5.76. The second kappa shape index (κ2) is 8.83. The molecule has 0 N–H and O–H groups in total. The van der Waals surface area contributed by atoms with Gasteiger partial charge in [-0.1, -0.05) is 25.3 Å². The van der Waals surface area contributed by atoms with Gasteiger partial charge in [-0.25, -0.2) is 0 Å². The molecule has 2 heterocycles. The van der Waals surface area contributed by atoms with Crippen LogP contribution in [0.25, 0.3) is 0 Å². The molecule has 1 aromatic rings. The molecule has 2 aliphatic heterocycles. The van der Waals surface area contributed by atoms with Gasteiger partial charge in [0.2, 0.25) is 0 Å². The lowest BCUT2D eigenvalue weighted by Crippen LogP contribution is -2.59. The molecule has 4 rings (SSSR count). The lowest BCUT2D eigenvalue weighted by molar-refractivity contribution is -0.00383. The first-order valence-corrected chi connectivity index (χ1v) is 11.1. The number of fused-ring (bicyclic) bond motifs is 1. The fraction of sp³-hybridized carbons (Fsp3) is 0.739. The number of hydrogen-bond donors (Lipinski definition) is 0. The Hall–Kier alpha value is -1.26. The Kier molecular flexibility index (Phi) is 6.24. The molecule has 0 amide bonds. The van der Waals surface area contributed by atoms with Crippen molar-refractivity contribution in [2.24, 2.45) is 5.92 Å². The normalized spacial score (nSPS) is 27.5. The Labute approximate surface area is 164 Å². The van der Waals surface area contributed by atoms with Crippen LogP contribution in [0.4, 0.5) is 0 Å². The SMILES string of the molecule is CCOc1cc(CN2CCN3CCC[C@@H]3[C@H]2C2CCCCC2)ccc1OC. The lowest BCUT2D eigenvalue weighted by atomic mass is 9.78. The van der Waals surface area contributed by atoms with Gasteiger partial charge in [0, 0.05) is 31.7 Å². The zero-order valence-electron chi connectivity index (χ0n) is 17.2. The van der Waals surface area contributed by atoms with Gasteiger partial charge in [-0.2, -0.15) is 0 Å². The molecule has 3 aliphatic rings. The quantitative estimate of drug-likeness (QED) is 0.742. The molecule has 150 valence electrons. The summed E-state index contributed by atoms with van der Waals surface area (Å²) in [5, 5.41) is 0. The summed E-state index contributed by atoms with van der Waals surface area (Å²) in [5.74, 6) is 2.60. The molecule has 1 aromatic carbocycles. The van der Waals surface area contributed by atoms with E-state index in [9.17, 15) is 0 Å². The van der Waals surface area contributed by atoms with E-state index < -0.39 is 0 Å². The molecule has 0 bridgehead atoms. The fourth-order valence-electron chi connectivity index (χ4n) is 5.76. The number of methoxy groups -OCH3 is 1. The van der Waals surface area contributed by atoms with Gasteiger partial charge in [0.15, 0.2) is 11.5 Å². The summed E-state index contributed by atoms with van der Waals surface area (Å²) < 4.78 is 11.3. The van der Waals surface area contributed by atoms with Gasteiger partial charge >= 0.3 is 0 Å².